The third kappa shape index (κ3) is 3.45. The molecule has 8 heteroatoms. The zero-order valence-electron chi connectivity index (χ0n) is 10.5. The van der Waals surface area contributed by atoms with Crippen molar-refractivity contribution in [3.8, 4) is 0 Å². The van der Waals surface area contributed by atoms with E-state index in [2.05, 4.69) is 15.9 Å². The molecule has 110 valence electrons. The van der Waals surface area contributed by atoms with Crippen molar-refractivity contribution in [1.29, 1.82) is 0 Å². The van der Waals surface area contributed by atoms with Crippen molar-refractivity contribution < 1.29 is 17.7 Å². The van der Waals surface area contributed by atoms with Crippen molar-refractivity contribution in [2.24, 2.45) is 0 Å². The van der Waals surface area contributed by atoms with E-state index in [1.54, 1.807) is 0 Å². The minimum atomic E-state index is -3.87. The molecule has 0 spiro atoms. The molecule has 0 amide bonds. The van der Waals surface area contributed by atoms with E-state index < -0.39 is 31.2 Å². The predicted octanol–water partition coefficient (Wildman–Crippen LogP) is 3.47. The lowest BCUT2D eigenvalue weighted by Gasteiger charge is -2.07. The second kappa shape index (κ2) is 5.90. The Hall–Kier alpha value is -1.80. The Labute approximate surface area is 128 Å². The van der Waals surface area contributed by atoms with Gasteiger partial charge in [-0.15, -0.1) is 0 Å². The maximum absolute atomic E-state index is 13.6. The Balaban J connectivity index is 2.38. The SMILES string of the molecule is O=[N+]([O-])c1ccc(CS(=O)(=O)c2ccccc2F)c(Br)c1. The van der Waals surface area contributed by atoms with Crippen molar-refractivity contribution in [2.75, 3.05) is 0 Å². The number of hydrogen-bond acceptors (Lipinski definition) is 4. The smallest absolute Gasteiger partial charge is 0.258 e. The van der Waals surface area contributed by atoms with Crippen LogP contribution in [0.4, 0.5) is 10.1 Å². The van der Waals surface area contributed by atoms with Crippen LogP contribution in [0.2, 0.25) is 0 Å². The van der Waals surface area contributed by atoms with Gasteiger partial charge < -0.3 is 0 Å². The quantitative estimate of drug-likeness (QED) is 0.607. The van der Waals surface area contributed by atoms with E-state index in [0.29, 0.717) is 5.56 Å². The molecule has 0 fully saturated rings. The molecule has 0 aliphatic rings. The summed E-state index contributed by atoms with van der Waals surface area (Å²) in [6, 6.07) is 8.84. The van der Waals surface area contributed by atoms with Crippen molar-refractivity contribution in [3.63, 3.8) is 0 Å². The summed E-state index contributed by atoms with van der Waals surface area (Å²) in [5.41, 5.74) is 0.165. The van der Waals surface area contributed by atoms with Crippen LogP contribution in [-0.2, 0) is 15.6 Å². The van der Waals surface area contributed by atoms with Gasteiger partial charge in [0.05, 0.1) is 10.7 Å². The van der Waals surface area contributed by atoms with Crippen LogP contribution in [-0.4, -0.2) is 13.3 Å². The fourth-order valence-electron chi connectivity index (χ4n) is 1.75. The Morgan fingerprint density at radius 1 is 1.19 bits per heavy atom. The van der Waals surface area contributed by atoms with Crippen LogP contribution < -0.4 is 0 Å². The summed E-state index contributed by atoms with van der Waals surface area (Å²) < 4.78 is 38.3. The van der Waals surface area contributed by atoms with Gasteiger partial charge in [0.2, 0.25) is 0 Å². The maximum atomic E-state index is 13.6. The summed E-state index contributed by atoms with van der Waals surface area (Å²) in [7, 11) is -3.87. The van der Waals surface area contributed by atoms with Gasteiger partial charge in [-0.3, -0.25) is 10.1 Å². The van der Waals surface area contributed by atoms with Crippen LogP contribution in [0.25, 0.3) is 0 Å². The molecule has 21 heavy (non-hydrogen) atoms. The molecular weight excluding hydrogens is 365 g/mol. The molecule has 0 saturated heterocycles. The number of nitrogens with zero attached hydrogens (tertiary/aromatic N) is 1. The van der Waals surface area contributed by atoms with Crippen LogP contribution >= 0.6 is 15.9 Å². The summed E-state index contributed by atoms with van der Waals surface area (Å²) in [6.07, 6.45) is 0. The predicted molar refractivity (Wildman–Crippen MR) is 78.1 cm³/mol. The largest absolute Gasteiger partial charge is 0.270 e. The van der Waals surface area contributed by atoms with Gasteiger partial charge in [0, 0.05) is 16.6 Å². The van der Waals surface area contributed by atoms with E-state index in [4.69, 9.17) is 0 Å². The third-order valence-corrected chi connectivity index (χ3v) is 5.20. The maximum Gasteiger partial charge on any atom is 0.270 e. The van der Waals surface area contributed by atoms with Gasteiger partial charge >= 0.3 is 0 Å². The number of hydrogen-bond donors (Lipinski definition) is 0. The number of nitro benzene ring substituents is 1. The Kier molecular flexibility index (Phi) is 4.38. The molecule has 0 heterocycles. The van der Waals surface area contributed by atoms with Gasteiger partial charge in [-0.05, 0) is 17.7 Å². The fraction of sp³-hybridized carbons (Fsp3) is 0.0769. The molecule has 0 radical (unpaired) electrons. The van der Waals surface area contributed by atoms with Gasteiger partial charge in [0.25, 0.3) is 5.69 Å². The topological polar surface area (TPSA) is 77.3 Å². The highest BCUT2D eigenvalue weighted by Crippen LogP contribution is 2.27. The Morgan fingerprint density at radius 2 is 1.86 bits per heavy atom. The van der Waals surface area contributed by atoms with Crippen LogP contribution in [0.3, 0.4) is 0 Å². The molecule has 0 bridgehead atoms. The minimum absolute atomic E-state index is 0.158. The van der Waals surface area contributed by atoms with E-state index in [0.717, 1.165) is 6.07 Å². The molecule has 0 unspecified atom stereocenters. The highest BCUT2D eigenvalue weighted by molar-refractivity contribution is 9.10. The summed E-state index contributed by atoms with van der Waals surface area (Å²) in [4.78, 5) is 9.66. The Morgan fingerprint density at radius 3 is 2.43 bits per heavy atom. The van der Waals surface area contributed by atoms with Crippen LogP contribution in [0.15, 0.2) is 51.8 Å². The normalized spacial score (nSPS) is 11.3. The van der Waals surface area contributed by atoms with Crippen molar-refractivity contribution >= 4 is 31.5 Å². The molecule has 2 aromatic rings. The number of rotatable bonds is 4. The highest BCUT2D eigenvalue weighted by atomic mass is 79.9. The van der Waals surface area contributed by atoms with Gasteiger partial charge in [-0.1, -0.05) is 34.1 Å². The molecule has 0 aliphatic heterocycles. The fourth-order valence-corrected chi connectivity index (χ4v) is 3.91. The molecule has 5 nitrogen and oxygen atoms in total. The third-order valence-electron chi connectivity index (χ3n) is 2.76. The van der Waals surface area contributed by atoms with Crippen LogP contribution in [0, 0.1) is 15.9 Å². The molecule has 2 rings (SSSR count). The first-order chi connectivity index (χ1) is 9.81. The summed E-state index contributed by atoms with van der Waals surface area (Å²) >= 11 is 3.10. The van der Waals surface area contributed by atoms with Crippen LogP contribution in [0.5, 0.6) is 0 Å². The van der Waals surface area contributed by atoms with Crippen LogP contribution in [0.1, 0.15) is 5.56 Å². The standard InChI is InChI=1S/C13H9BrFNO4S/c14-11-7-10(16(17)18)6-5-9(11)8-21(19,20)13-4-2-1-3-12(13)15/h1-7H,8H2. The lowest BCUT2D eigenvalue weighted by atomic mass is 10.2. The number of nitro groups is 1. The highest BCUT2D eigenvalue weighted by Gasteiger charge is 2.21. The second-order valence-electron chi connectivity index (χ2n) is 4.22. The molecule has 0 N–H and O–H groups in total. The first-order valence-electron chi connectivity index (χ1n) is 5.71. The van der Waals surface area contributed by atoms with Gasteiger partial charge in [-0.25, -0.2) is 12.8 Å². The van der Waals surface area contributed by atoms with Gasteiger partial charge in [-0.2, -0.15) is 0 Å². The molecule has 0 saturated carbocycles. The van der Waals surface area contributed by atoms with Crippen molar-refractivity contribution in [2.45, 2.75) is 10.6 Å². The lowest BCUT2D eigenvalue weighted by Crippen LogP contribution is -2.07. The molecular formula is C13H9BrFNO4S. The first-order valence-corrected chi connectivity index (χ1v) is 8.16. The average Bonchev–Trinajstić information content (AvgIpc) is 2.41. The number of sulfone groups is 1. The summed E-state index contributed by atoms with van der Waals surface area (Å²) in [6.45, 7) is 0. The molecule has 0 aromatic heterocycles. The number of non-ortho nitro benzene ring substituents is 1. The van der Waals surface area contributed by atoms with E-state index in [1.165, 1.54) is 36.4 Å². The number of halogens is 2. The number of benzene rings is 2. The van der Waals surface area contributed by atoms with E-state index in [1.807, 2.05) is 0 Å². The average molecular weight is 374 g/mol. The molecule has 0 aliphatic carbocycles. The summed E-state index contributed by atoms with van der Waals surface area (Å²) in [5.74, 6) is -1.28. The monoisotopic (exact) mass is 373 g/mol. The molecule has 2 aromatic carbocycles. The second-order valence-corrected chi connectivity index (χ2v) is 7.03. The first kappa shape index (κ1) is 15.6. The summed E-state index contributed by atoms with van der Waals surface area (Å²) in [5, 5.41) is 10.6. The molecule has 0 atom stereocenters. The zero-order valence-corrected chi connectivity index (χ0v) is 12.9. The minimum Gasteiger partial charge on any atom is -0.258 e. The lowest BCUT2D eigenvalue weighted by molar-refractivity contribution is -0.384. The van der Waals surface area contributed by atoms with E-state index in [-0.39, 0.29) is 10.2 Å². The zero-order chi connectivity index (χ0) is 15.6. The Bertz CT molecular complexity index is 808. The van der Waals surface area contributed by atoms with Crippen molar-refractivity contribution in [1.82, 2.24) is 0 Å². The van der Waals surface area contributed by atoms with Gasteiger partial charge in [0.1, 0.15) is 10.7 Å². The van der Waals surface area contributed by atoms with Gasteiger partial charge in [0.15, 0.2) is 9.84 Å². The van der Waals surface area contributed by atoms with E-state index >= 15 is 0 Å². The van der Waals surface area contributed by atoms with E-state index in [9.17, 15) is 22.9 Å². The van der Waals surface area contributed by atoms with Crippen molar-refractivity contribution in [3.05, 3.63) is 68.4 Å².